The van der Waals surface area contributed by atoms with E-state index in [4.69, 9.17) is 21.8 Å². The number of carboxylic acid groups (broad SMARTS) is 2. The molecule has 0 bridgehead atoms. The van der Waals surface area contributed by atoms with E-state index in [0.717, 1.165) is 18.4 Å². The van der Waals surface area contributed by atoms with Gasteiger partial charge < -0.3 is 15.3 Å². The molecule has 3 N–H and O–H groups in total. The Kier molecular flexibility index (Phi) is 11.0. The van der Waals surface area contributed by atoms with Crippen molar-refractivity contribution in [2.24, 2.45) is 0 Å². The van der Waals surface area contributed by atoms with Crippen molar-refractivity contribution in [2.45, 2.75) is 38.7 Å². The van der Waals surface area contributed by atoms with Crippen LogP contribution in [0.15, 0.2) is 36.9 Å². The van der Waals surface area contributed by atoms with Crippen LogP contribution in [0, 0.1) is 18.8 Å². The maximum Gasteiger partial charge on any atom is 0.335 e. The van der Waals surface area contributed by atoms with Crippen molar-refractivity contribution in [1.82, 2.24) is 9.97 Å². The zero-order valence-corrected chi connectivity index (χ0v) is 16.8. The molecular formula is C21H23ClN2O5. The summed E-state index contributed by atoms with van der Waals surface area (Å²) in [6.45, 7) is 1.48. The van der Waals surface area contributed by atoms with E-state index < -0.39 is 18.0 Å². The number of unbranched alkanes of at least 4 members (excludes halogenated alkanes) is 1. The Bertz CT molecular complexity index is 830. The number of nitrogens with zero attached hydrogens (tertiary/aromatic N) is 2. The van der Waals surface area contributed by atoms with Crippen LogP contribution in [0.2, 0.25) is 0 Å². The number of carboxylic acids is 2. The molecule has 1 aromatic carbocycles. The van der Waals surface area contributed by atoms with Gasteiger partial charge in [0.05, 0.1) is 17.2 Å². The molecule has 7 nitrogen and oxygen atoms in total. The summed E-state index contributed by atoms with van der Waals surface area (Å²) >= 11 is 5.52. The highest BCUT2D eigenvalue weighted by Gasteiger charge is 2.13. The second-order valence-electron chi connectivity index (χ2n) is 5.96. The van der Waals surface area contributed by atoms with Gasteiger partial charge in [-0.15, -0.1) is 23.4 Å². The maximum atomic E-state index is 10.6. The number of aromatic carboxylic acids is 2. The molecule has 2 rings (SSSR count). The number of aromatic nitrogens is 2. The molecule has 0 spiro atoms. The minimum Gasteiger partial charge on any atom is -0.478 e. The van der Waals surface area contributed by atoms with Gasteiger partial charge in [-0.3, -0.25) is 0 Å². The van der Waals surface area contributed by atoms with Crippen LogP contribution in [-0.4, -0.2) is 43.1 Å². The molecule has 2 aromatic rings. The van der Waals surface area contributed by atoms with Crippen LogP contribution >= 0.6 is 11.6 Å². The summed E-state index contributed by atoms with van der Waals surface area (Å²) in [5.74, 6) is 4.46. The predicted octanol–water partition coefficient (Wildman–Crippen LogP) is 3.70. The Hall–Kier alpha value is -2.95. The van der Waals surface area contributed by atoms with Gasteiger partial charge in [0, 0.05) is 36.7 Å². The minimum absolute atomic E-state index is 0.0277. The average Bonchev–Trinajstić information content (AvgIpc) is 2.71. The fourth-order valence-corrected chi connectivity index (χ4v) is 2.42. The van der Waals surface area contributed by atoms with E-state index in [1.165, 1.54) is 31.5 Å². The molecule has 0 amide bonds. The Morgan fingerprint density at radius 3 is 2.14 bits per heavy atom. The van der Waals surface area contributed by atoms with Crippen LogP contribution in [0.5, 0.6) is 0 Å². The number of hydrogen-bond donors (Lipinski definition) is 3. The fourth-order valence-electron chi connectivity index (χ4n) is 2.29. The van der Waals surface area contributed by atoms with Gasteiger partial charge >= 0.3 is 11.9 Å². The molecular weight excluding hydrogens is 396 g/mol. The van der Waals surface area contributed by atoms with Crippen LogP contribution in [-0.2, 0) is 0 Å². The van der Waals surface area contributed by atoms with Gasteiger partial charge in [-0.25, -0.2) is 19.6 Å². The van der Waals surface area contributed by atoms with Crippen molar-refractivity contribution >= 4 is 23.5 Å². The summed E-state index contributed by atoms with van der Waals surface area (Å²) < 4.78 is 0. The maximum absolute atomic E-state index is 10.6. The van der Waals surface area contributed by atoms with Gasteiger partial charge in [0.2, 0.25) is 0 Å². The van der Waals surface area contributed by atoms with Crippen molar-refractivity contribution in [1.29, 1.82) is 0 Å². The van der Waals surface area contributed by atoms with Crippen LogP contribution in [0.25, 0.3) is 0 Å². The third-order valence-corrected chi connectivity index (χ3v) is 4.13. The van der Waals surface area contributed by atoms with Gasteiger partial charge in [0.1, 0.15) is 6.33 Å². The van der Waals surface area contributed by atoms with Gasteiger partial charge in [-0.1, -0.05) is 6.07 Å². The highest BCUT2D eigenvalue weighted by molar-refractivity contribution is 6.17. The standard InChI is InChI=1S/C12H15ClN2O.C9H8O4/c13-7-5-3-1-2-4-6-12(16)11-8-14-10-15-9-11;1-5-6(8(10)11)3-2-4-7(5)9(12)13/h8-10,12,16H,3-7H2;2-4H,1H3,(H,10,11)(H,12,13). The van der Waals surface area contributed by atoms with Crippen LogP contribution in [0.4, 0.5) is 0 Å². The van der Waals surface area contributed by atoms with E-state index in [2.05, 4.69) is 21.8 Å². The van der Waals surface area contributed by atoms with E-state index in [-0.39, 0.29) is 16.7 Å². The lowest BCUT2D eigenvalue weighted by molar-refractivity contribution is 0.0696. The lowest BCUT2D eigenvalue weighted by Crippen LogP contribution is -2.06. The zero-order valence-electron chi connectivity index (χ0n) is 16.0. The van der Waals surface area contributed by atoms with Crippen LogP contribution < -0.4 is 0 Å². The summed E-state index contributed by atoms with van der Waals surface area (Å²) in [6.07, 6.45) is 7.21. The SMILES string of the molecule is Cc1c(C(=O)O)cccc1C(=O)O.OC(CCC#CCCCCl)c1cncnc1. The molecule has 1 unspecified atom stereocenters. The second kappa shape index (κ2) is 13.3. The fraction of sp³-hybridized carbons (Fsp3) is 0.333. The second-order valence-corrected chi connectivity index (χ2v) is 6.34. The van der Waals surface area contributed by atoms with E-state index in [0.29, 0.717) is 18.7 Å². The molecule has 0 fully saturated rings. The Balaban J connectivity index is 0.000000296. The van der Waals surface area contributed by atoms with Gasteiger partial charge in [0.25, 0.3) is 0 Å². The van der Waals surface area contributed by atoms with Crippen molar-refractivity contribution in [3.05, 3.63) is 59.2 Å². The number of rotatable bonds is 7. The molecule has 0 saturated carbocycles. The normalized spacial score (nSPS) is 10.7. The number of aliphatic hydroxyl groups excluding tert-OH is 1. The smallest absolute Gasteiger partial charge is 0.335 e. The molecule has 29 heavy (non-hydrogen) atoms. The van der Waals surface area contributed by atoms with E-state index in [1.807, 2.05) is 0 Å². The van der Waals surface area contributed by atoms with E-state index >= 15 is 0 Å². The predicted molar refractivity (Wildman–Crippen MR) is 109 cm³/mol. The first-order valence-electron chi connectivity index (χ1n) is 8.89. The number of benzene rings is 1. The van der Waals surface area contributed by atoms with Crippen molar-refractivity contribution in [3.63, 3.8) is 0 Å². The largest absolute Gasteiger partial charge is 0.478 e. The molecule has 0 saturated heterocycles. The van der Waals surface area contributed by atoms with Crippen molar-refractivity contribution in [2.75, 3.05) is 5.88 Å². The molecule has 1 heterocycles. The molecule has 0 aliphatic carbocycles. The molecule has 154 valence electrons. The average molecular weight is 419 g/mol. The lowest BCUT2D eigenvalue weighted by Gasteiger charge is -2.06. The van der Waals surface area contributed by atoms with E-state index in [1.54, 1.807) is 12.4 Å². The topological polar surface area (TPSA) is 121 Å². The highest BCUT2D eigenvalue weighted by Crippen LogP contribution is 2.15. The van der Waals surface area contributed by atoms with Gasteiger partial charge in [-0.05, 0) is 37.5 Å². The molecule has 0 aliphatic heterocycles. The minimum atomic E-state index is -1.11. The Labute approximate surface area is 174 Å². The molecule has 0 aliphatic rings. The van der Waals surface area contributed by atoms with Crippen molar-refractivity contribution in [3.8, 4) is 11.8 Å². The summed E-state index contributed by atoms with van der Waals surface area (Å²) in [5.41, 5.74) is 1.08. The first-order valence-corrected chi connectivity index (χ1v) is 9.42. The third kappa shape index (κ3) is 8.73. The van der Waals surface area contributed by atoms with Crippen molar-refractivity contribution < 1.29 is 24.9 Å². The first-order chi connectivity index (χ1) is 13.9. The summed E-state index contributed by atoms with van der Waals surface area (Å²) in [6, 6.07) is 4.17. The summed E-state index contributed by atoms with van der Waals surface area (Å²) in [4.78, 5) is 28.9. The summed E-state index contributed by atoms with van der Waals surface area (Å²) in [7, 11) is 0. The number of hydrogen-bond acceptors (Lipinski definition) is 5. The molecule has 1 atom stereocenters. The zero-order chi connectivity index (χ0) is 21.6. The number of alkyl halides is 1. The van der Waals surface area contributed by atoms with Gasteiger partial charge in [0.15, 0.2) is 0 Å². The highest BCUT2D eigenvalue weighted by atomic mass is 35.5. The first kappa shape index (κ1) is 24.1. The van der Waals surface area contributed by atoms with Gasteiger partial charge in [-0.2, -0.15) is 0 Å². The molecule has 0 radical (unpaired) electrons. The summed E-state index contributed by atoms with van der Waals surface area (Å²) in [5, 5.41) is 27.1. The Morgan fingerprint density at radius 1 is 1.07 bits per heavy atom. The van der Waals surface area contributed by atoms with Crippen LogP contribution in [0.3, 0.4) is 0 Å². The number of halogens is 1. The molecule has 1 aromatic heterocycles. The van der Waals surface area contributed by atoms with E-state index in [9.17, 15) is 14.7 Å². The monoisotopic (exact) mass is 418 g/mol. The third-order valence-electron chi connectivity index (χ3n) is 3.86. The lowest BCUT2D eigenvalue weighted by atomic mass is 10.0. The number of aliphatic hydroxyl groups is 1. The van der Waals surface area contributed by atoms with Crippen LogP contribution in [0.1, 0.15) is 63.6 Å². The molecule has 8 heteroatoms. The quantitative estimate of drug-likeness (QED) is 0.356. The number of carbonyl (C=O) groups is 2. The Morgan fingerprint density at radius 2 is 1.62 bits per heavy atom.